The molecule has 2 aromatic heterocycles. The van der Waals surface area contributed by atoms with Crippen LogP contribution in [0.5, 0.6) is 0 Å². The summed E-state index contributed by atoms with van der Waals surface area (Å²) in [6.45, 7) is 6.99. The molecule has 172 valence electrons. The number of furan rings is 1. The van der Waals surface area contributed by atoms with Crippen molar-refractivity contribution in [2.45, 2.75) is 37.9 Å². The number of amides is 1. The molecule has 0 atom stereocenters. The van der Waals surface area contributed by atoms with Crippen molar-refractivity contribution in [2.75, 3.05) is 11.1 Å². The van der Waals surface area contributed by atoms with Crippen molar-refractivity contribution in [2.24, 2.45) is 0 Å². The van der Waals surface area contributed by atoms with E-state index in [0.29, 0.717) is 28.8 Å². The summed E-state index contributed by atoms with van der Waals surface area (Å²) in [5.74, 6) is 1.49. The highest BCUT2D eigenvalue weighted by Crippen LogP contribution is 2.28. The van der Waals surface area contributed by atoms with E-state index < -0.39 is 0 Å². The fourth-order valence-electron chi connectivity index (χ4n) is 3.38. The number of aromatic nitrogens is 3. The Labute approximate surface area is 202 Å². The van der Waals surface area contributed by atoms with E-state index in [9.17, 15) is 4.79 Å². The van der Waals surface area contributed by atoms with Gasteiger partial charge in [0.05, 0.1) is 30.2 Å². The quantitative estimate of drug-likeness (QED) is 0.358. The number of carbonyl (C=O) groups is 1. The first-order valence-electron chi connectivity index (χ1n) is 10.8. The van der Waals surface area contributed by atoms with Crippen LogP contribution < -0.4 is 5.32 Å². The van der Waals surface area contributed by atoms with Crippen LogP contribution in [0.4, 0.5) is 5.69 Å². The second kappa shape index (κ2) is 9.98. The molecule has 1 N–H and O–H groups in total. The maximum absolute atomic E-state index is 12.5. The van der Waals surface area contributed by atoms with Crippen LogP contribution in [0.2, 0.25) is 0 Å². The number of thioether (sulfide) groups is 1. The molecule has 34 heavy (non-hydrogen) atoms. The lowest BCUT2D eigenvalue weighted by Crippen LogP contribution is -2.14. The van der Waals surface area contributed by atoms with Crippen molar-refractivity contribution in [3.63, 3.8) is 0 Å². The van der Waals surface area contributed by atoms with E-state index in [1.54, 1.807) is 30.5 Å². The molecule has 0 radical (unpaired) electrons. The fourth-order valence-corrected chi connectivity index (χ4v) is 4.12. The van der Waals surface area contributed by atoms with Gasteiger partial charge >= 0.3 is 0 Å². The van der Waals surface area contributed by atoms with Crippen LogP contribution in [0.15, 0.2) is 76.5 Å². The number of nitriles is 1. The lowest BCUT2D eigenvalue weighted by atomic mass is 9.87. The Hall–Kier alpha value is -3.83. The van der Waals surface area contributed by atoms with Gasteiger partial charge in [-0.2, -0.15) is 5.26 Å². The average Bonchev–Trinajstić information content (AvgIpc) is 3.48. The molecule has 0 fully saturated rings. The van der Waals surface area contributed by atoms with Crippen LogP contribution in [0.1, 0.15) is 37.7 Å². The average molecular weight is 472 g/mol. The minimum Gasteiger partial charge on any atom is -0.467 e. The van der Waals surface area contributed by atoms with Crippen molar-refractivity contribution in [3.8, 4) is 17.5 Å². The monoisotopic (exact) mass is 471 g/mol. The highest BCUT2D eigenvalue weighted by Gasteiger charge is 2.19. The predicted molar refractivity (Wildman–Crippen MR) is 132 cm³/mol. The Kier molecular flexibility index (Phi) is 6.85. The van der Waals surface area contributed by atoms with Crippen molar-refractivity contribution >= 4 is 23.4 Å². The summed E-state index contributed by atoms with van der Waals surface area (Å²) in [4.78, 5) is 12.5. The summed E-state index contributed by atoms with van der Waals surface area (Å²) in [5, 5.41) is 21.2. The van der Waals surface area contributed by atoms with E-state index in [-0.39, 0.29) is 17.1 Å². The Morgan fingerprint density at radius 2 is 1.82 bits per heavy atom. The maximum atomic E-state index is 12.5. The van der Waals surface area contributed by atoms with Gasteiger partial charge in [0.2, 0.25) is 5.91 Å². The summed E-state index contributed by atoms with van der Waals surface area (Å²) in [6, 6.07) is 20.9. The van der Waals surface area contributed by atoms with Crippen LogP contribution in [0.3, 0.4) is 0 Å². The Balaban J connectivity index is 1.53. The Bertz CT molecular complexity index is 1300. The molecule has 7 nitrogen and oxygen atoms in total. The number of nitrogens with zero attached hydrogens (tertiary/aromatic N) is 4. The second-order valence-electron chi connectivity index (χ2n) is 8.83. The third-order valence-electron chi connectivity index (χ3n) is 5.25. The minimum atomic E-state index is -0.168. The maximum Gasteiger partial charge on any atom is 0.234 e. The van der Waals surface area contributed by atoms with Crippen LogP contribution in [-0.4, -0.2) is 26.4 Å². The molecule has 0 spiro atoms. The standard InChI is InChI=1S/C26H25N5O2S/c1-26(2,3)20-10-8-19(9-11-20)24-29-30-25(31(24)16-22-5-4-14-33-22)34-17-23(32)28-21-12-6-18(15-27)7-13-21/h4-14H,16-17H2,1-3H3,(H,28,32). The zero-order valence-corrected chi connectivity index (χ0v) is 20.1. The van der Waals surface area contributed by atoms with Crippen LogP contribution in [0.25, 0.3) is 11.4 Å². The molecule has 0 aliphatic rings. The molecule has 0 aliphatic carbocycles. The van der Waals surface area contributed by atoms with Gasteiger partial charge in [0.1, 0.15) is 5.76 Å². The number of hydrogen-bond donors (Lipinski definition) is 1. The number of nitrogens with one attached hydrogen (secondary N) is 1. The summed E-state index contributed by atoms with van der Waals surface area (Å²) in [7, 11) is 0. The molecule has 4 rings (SSSR count). The molecular weight excluding hydrogens is 446 g/mol. The van der Waals surface area contributed by atoms with Crippen LogP contribution in [0, 0.1) is 11.3 Å². The summed E-state index contributed by atoms with van der Waals surface area (Å²) < 4.78 is 7.52. The van der Waals surface area contributed by atoms with Crippen molar-refractivity contribution < 1.29 is 9.21 Å². The van der Waals surface area contributed by atoms with Crippen LogP contribution in [-0.2, 0) is 16.8 Å². The van der Waals surface area contributed by atoms with E-state index in [2.05, 4.69) is 66.6 Å². The largest absolute Gasteiger partial charge is 0.467 e. The molecule has 2 aromatic carbocycles. The lowest BCUT2D eigenvalue weighted by molar-refractivity contribution is -0.113. The van der Waals surface area contributed by atoms with Gasteiger partial charge in [0.15, 0.2) is 11.0 Å². The smallest absolute Gasteiger partial charge is 0.234 e. The van der Waals surface area contributed by atoms with Gasteiger partial charge in [0.25, 0.3) is 0 Å². The summed E-state index contributed by atoms with van der Waals surface area (Å²) in [6.07, 6.45) is 1.63. The van der Waals surface area contributed by atoms with Gasteiger partial charge in [-0.05, 0) is 47.4 Å². The van der Waals surface area contributed by atoms with E-state index in [0.717, 1.165) is 11.3 Å². The van der Waals surface area contributed by atoms with Gasteiger partial charge in [0, 0.05) is 11.3 Å². The summed E-state index contributed by atoms with van der Waals surface area (Å²) in [5.41, 5.74) is 3.43. The van der Waals surface area contributed by atoms with Gasteiger partial charge in [-0.3, -0.25) is 9.36 Å². The van der Waals surface area contributed by atoms with E-state index in [4.69, 9.17) is 9.68 Å². The topological polar surface area (TPSA) is 96.7 Å². The SMILES string of the molecule is CC(C)(C)c1ccc(-c2nnc(SCC(=O)Nc3ccc(C#N)cc3)n2Cc2ccco2)cc1. The van der Waals surface area contributed by atoms with Gasteiger partial charge in [-0.25, -0.2) is 0 Å². The Morgan fingerprint density at radius 3 is 2.44 bits per heavy atom. The molecule has 0 aliphatic heterocycles. The first kappa shape index (κ1) is 23.3. The molecule has 0 unspecified atom stereocenters. The molecule has 1 amide bonds. The zero-order valence-electron chi connectivity index (χ0n) is 19.3. The number of anilines is 1. The molecule has 8 heteroatoms. The van der Waals surface area contributed by atoms with Gasteiger partial charge in [-0.1, -0.05) is 56.8 Å². The van der Waals surface area contributed by atoms with Crippen LogP contribution >= 0.6 is 11.8 Å². The highest BCUT2D eigenvalue weighted by atomic mass is 32.2. The van der Waals surface area contributed by atoms with Crippen molar-refractivity contribution in [1.29, 1.82) is 5.26 Å². The van der Waals surface area contributed by atoms with E-state index >= 15 is 0 Å². The normalized spacial score (nSPS) is 11.2. The summed E-state index contributed by atoms with van der Waals surface area (Å²) >= 11 is 1.31. The molecular formula is C26H25N5O2S. The van der Waals surface area contributed by atoms with Gasteiger partial charge < -0.3 is 9.73 Å². The lowest BCUT2D eigenvalue weighted by Gasteiger charge is -2.19. The molecule has 0 saturated carbocycles. The number of hydrogen-bond acceptors (Lipinski definition) is 6. The fraction of sp³-hybridized carbons (Fsp3) is 0.231. The molecule has 2 heterocycles. The number of benzene rings is 2. The predicted octanol–water partition coefficient (Wildman–Crippen LogP) is 5.49. The van der Waals surface area contributed by atoms with Crippen molar-refractivity contribution in [3.05, 3.63) is 83.8 Å². The second-order valence-corrected chi connectivity index (χ2v) is 9.77. The molecule has 0 bridgehead atoms. The van der Waals surface area contributed by atoms with Crippen molar-refractivity contribution in [1.82, 2.24) is 14.8 Å². The number of carbonyl (C=O) groups excluding carboxylic acids is 1. The third-order valence-corrected chi connectivity index (χ3v) is 6.22. The molecule has 4 aromatic rings. The minimum absolute atomic E-state index is 0.0592. The number of rotatable bonds is 7. The first-order chi connectivity index (χ1) is 16.3. The third kappa shape index (κ3) is 5.56. The van der Waals surface area contributed by atoms with E-state index in [1.165, 1.54) is 17.3 Å². The molecule has 0 saturated heterocycles. The highest BCUT2D eigenvalue weighted by molar-refractivity contribution is 7.99. The zero-order chi connectivity index (χ0) is 24.1. The Morgan fingerprint density at radius 1 is 1.09 bits per heavy atom. The first-order valence-corrected chi connectivity index (χ1v) is 11.8. The van der Waals surface area contributed by atoms with Gasteiger partial charge in [-0.15, -0.1) is 10.2 Å². The van der Waals surface area contributed by atoms with E-state index in [1.807, 2.05) is 16.7 Å².